The molecule has 0 aliphatic carbocycles. The van der Waals surface area contributed by atoms with Gasteiger partial charge in [-0.05, 0) is 31.4 Å². The van der Waals surface area contributed by atoms with E-state index in [1.54, 1.807) is 0 Å². The van der Waals surface area contributed by atoms with Gasteiger partial charge in [-0.15, -0.1) is 0 Å². The first-order valence-electron chi connectivity index (χ1n) is 15.5. The number of unbranched alkanes of at least 4 members (excludes halogenated alkanes) is 12. The molecule has 1 fully saturated rings. The summed E-state index contributed by atoms with van der Waals surface area (Å²) in [7, 11) is -4.70. The number of aromatic nitrogens is 3. The maximum absolute atomic E-state index is 12.5. The maximum atomic E-state index is 12.5. The molecule has 0 amide bonds. The first-order valence-corrected chi connectivity index (χ1v) is 17.0. The molecule has 0 saturated carbocycles. The van der Waals surface area contributed by atoms with Gasteiger partial charge in [0.2, 0.25) is 5.60 Å². The van der Waals surface area contributed by atoms with Crippen molar-refractivity contribution in [3.05, 3.63) is 24.2 Å². The van der Waals surface area contributed by atoms with E-state index in [4.69, 9.17) is 24.3 Å². The third kappa shape index (κ3) is 10.2. The topological polar surface area (TPSA) is 195 Å². The normalized spacial score (nSPS) is 23.5. The van der Waals surface area contributed by atoms with Crippen molar-refractivity contribution < 1.29 is 38.2 Å². The van der Waals surface area contributed by atoms with E-state index in [9.17, 15) is 24.9 Å². The number of hydrogen-bond donors (Lipinski definition) is 4. The molecular weight excluding hydrogens is 577 g/mol. The first kappa shape index (κ1) is 35.3. The standard InChI is InChI=1S/C29H48N5O8P/c1-2-3-4-5-6-7-8-9-10-11-12-13-18-39-19-14-15-20-40-43(37,38)42-28-25(35)26(36)29(21-30,41-28)24-17-16-23-27(31)32-22-33-34(23)24/h16-17,22,25-26,28,35-36H,2-15,18-20H2,1H3,(H,37,38)(H2,31,32,33)/t25-,26+,28+,29-/m0/s1. The van der Waals surface area contributed by atoms with E-state index in [1.807, 2.05) is 6.07 Å². The molecule has 2 aromatic rings. The zero-order valence-corrected chi connectivity index (χ0v) is 26.1. The van der Waals surface area contributed by atoms with Crippen molar-refractivity contribution in [2.45, 2.75) is 121 Å². The number of phosphoric ester groups is 1. The summed E-state index contributed by atoms with van der Waals surface area (Å²) in [5.74, 6) is 0.123. The fourth-order valence-electron chi connectivity index (χ4n) is 5.19. The summed E-state index contributed by atoms with van der Waals surface area (Å²) in [6.45, 7) is 3.35. The van der Waals surface area contributed by atoms with Crippen LogP contribution in [0, 0.1) is 11.3 Å². The number of rotatable bonds is 22. The molecule has 5 atom stereocenters. The molecule has 0 radical (unpaired) electrons. The average molecular weight is 626 g/mol. The number of aliphatic hydroxyl groups excluding tert-OH is 2. The van der Waals surface area contributed by atoms with E-state index in [1.165, 1.54) is 80.9 Å². The molecule has 3 heterocycles. The minimum Gasteiger partial charge on any atom is -0.386 e. The Morgan fingerprint density at radius 3 is 2.21 bits per heavy atom. The molecule has 242 valence electrons. The van der Waals surface area contributed by atoms with E-state index >= 15 is 0 Å². The predicted octanol–water partition coefficient (Wildman–Crippen LogP) is 4.74. The van der Waals surface area contributed by atoms with Gasteiger partial charge in [0.05, 0.1) is 12.3 Å². The van der Waals surface area contributed by atoms with E-state index in [-0.39, 0.29) is 18.1 Å². The summed E-state index contributed by atoms with van der Waals surface area (Å²) in [6.07, 6.45) is 12.2. The van der Waals surface area contributed by atoms with Gasteiger partial charge < -0.3 is 30.3 Å². The fourth-order valence-corrected chi connectivity index (χ4v) is 6.04. The summed E-state index contributed by atoms with van der Waals surface area (Å²) < 4.78 is 35.0. The number of ether oxygens (including phenoxy) is 2. The minimum absolute atomic E-state index is 0.0361. The molecule has 0 spiro atoms. The highest BCUT2D eigenvalue weighted by Gasteiger charge is 2.59. The number of nitrogens with two attached hydrogens (primary N) is 1. The smallest absolute Gasteiger partial charge is 0.386 e. The van der Waals surface area contributed by atoms with Crippen LogP contribution in [-0.2, 0) is 28.7 Å². The van der Waals surface area contributed by atoms with Crippen molar-refractivity contribution >= 4 is 19.2 Å². The van der Waals surface area contributed by atoms with Gasteiger partial charge in [0.15, 0.2) is 12.1 Å². The molecule has 0 aromatic carbocycles. The molecule has 14 heteroatoms. The van der Waals surface area contributed by atoms with Gasteiger partial charge in [-0.1, -0.05) is 77.6 Å². The summed E-state index contributed by atoms with van der Waals surface area (Å²) in [4.78, 5) is 14.0. The summed E-state index contributed by atoms with van der Waals surface area (Å²) in [5, 5.41) is 35.2. The molecule has 1 aliphatic heterocycles. The van der Waals surface area contributed by atoms with E-state index in [0.29, 0.717) is 31.6 Å². The predicted molar refractivity (Wildman–Crippen MR) is 160 cm³/mol. The molecule has 13 nitrogen and oxygen atoms in total. The van der Waals surface area contributed by atoms with Crippen LogP contribution in [-0.4, -0.2) is 68.0 Å². The van der Waals surface area contributed by atoms with Crippen LogP contribution in [0.2, 0.25) is 0 Å². The van der Waals surface area contributed by atoms with Crippen LogP contribution < -0.4 is 5.73 Å². The Labute approximate surface area is 253 Å². The van der Waals surface area contributed by atoms with Crippen molar-refractivity contribution in [3.8, 4) is 6.07 Å². The van der Waals surface area contributed by atoms with Gasteiger partial charge in [0.1, 0.15) is 30.1 Å². The number of fused-ring (bicyclic) bond motifs is 1. The average Bonchev–Trinajstić information content (AvgIpc) is 3.53. The number of nitrogens with zero attached hydrogens (tertiary/aromatic N) is 4. The lowest BCUT2D eigenvalue weighted by Crippen LogP contribution is -2.40. The molecular formula is C29H48N5O8P. The third-order valence-corrected chi connectivity index (χ3v) is 8.65. The number of nitriles is 1. The number of nitrogen functional groups attached to an aromatic ring is 1. The van der Waals surface area contributed by atoms with Crippen molar-refractivity contribution in [2.24, 2.45) is 0 Å². The van der Waals surface area contributed by atoms with E-state index < -0.39 is 31.9 Å². The second-order valence-corrected chi connectivity index (χ2v) is 12.5. The SMILES string of the molecule is CCCCCCCCCCCCCCOCCCCOP(=O)(O)O[C@H]1O[C@@](C#N)(c2ccc3c(N)ncnn23)[C@H](O)[C@@H]1O. The molecule has 5 N–H and O–H groups in total. The fraction of sp³-hybridized carbons (Fsp3) is 0.759. The molecule has 3 rings (SSSR count). The van der Waals surface area contributed by atoms with Crippen LogP contribution in [0.5, 0.6) is 0 Å². The zero-order valence-electron chi connectivity index (χ0n) is 25.2. The van der Waals surface area contributed by atoms with Gasteiger partial charge in [-0.3, -0.25) is 9.05 Å². The Hall–Kier alpha value is -2.14. The Morgan fingerprint density at radius 2 is 1.58 bits per heavy atom. The summed E-state index contributed by atoms with van der Waals surface area (Å²) in [6, 6.07) is 4.78. The lowest BCUT2D eigenvalue weighted by atomic mass is 9.93. The minimum atomic E-state index is -4.70. The molecule has 1 unspecified atom stereocenters. The molecule has 1 saturated heterocycles. The van der Waals surface area contributed by atoms with Gasteiger partial charge in [-0.25, -0.2) is 14.1 Å². The van der Waals surface area contributed by atoms with Crippen LogP contribution in [0.4, 0.5) is 5.82 Å². The van der Waals surface area contributed by atoms with Crippen LogP contribution in [0.15, 0.2) is 18.5 Å². The molecule has 0 bridgehead atoms. The Kier molecular flexibility index (Phi) is 14.8. The molecule has 43 heavy (non-hydrogen) atoms. The van der Waals surface area contributed by atoms with Gasteiger partial charge in [0.25, 0.3) is 0 Å². The number of phosphoric acid groups is 1. The van der Waals surface area contributed by atoms with Crippen LogP contribution >= 0.6 is 7.82 Å². The van der Waals surface area contributed by atoms with Crippen LogP contribution in [0.1, 0.15) is 103 Å². The highest BCUT2D eigenvalue weighted by atomic mass is 31.2. The largest absolute Gasteiger partial charge is 0.474 e. The lowest BCUT2D eigenvalue weighted by molar-refractivity contribution is -0.143. The number of aliphatic hydroxyl groups is 2. The lowest BCUT2D eigenvalue weighted by Gasteiger charge is -2.24. The number of hydrogen-bond acceptors (Lipinski definition) is 11. The first-order chi connectivity index (χ1) is 20.8. The monoisotopic (exact) mass is 625 g/mol. The van der Waals surface area contributed by atoms with Crippen LogP contribution in [0.25, 0.3) is 5.52 Å². The Balaban J connectivity index is 1.28. The maximum Gasteiger partial charge on any atom is 0.474 e. The molecule has 2 aromatic heterocycles. The van der Waals surface area contributed by atoms with Crippen LogP contribution in [0.3, 0.4) is 0 Å². The Morgan fingerprint density at radius 1 is 1.00 bits per heavy atom. The van der Waals surface area contributed by atoms with Crippen molar-refractivity contribution in [1.29, 1.82) is 5.26 Å². The van der Waals surface area contributed by atoms with Gasteiger partial charge >= 0.3 is 7.82 Å². The van der Waals surface area contributed by atoms with Crippen molar-refractivity contribution in [3.63, 3.8) is 0 Å². The molecule has 1 aliphatic rings. The Bertz CT molecular complexity index is 1190. The van der Waals surface area contributed by atoms with E-state index in [2.05, 4.69) is 17.0 Å². The third-order valence-electron chi connectivity index (χ3n) is 7.67. The highest BCUT2D eigenvalue weighted by molar-refractivity contribution is 7.47. The second-order valence-electron chi connectivity index (χ2n) is 11.0. The number of anilines is 1. The second kappa shape index (κ2) is 18.0. The highest BCUT2D eigenvalue weighted by Crippen LogP contribution is 2.50. The summed E-state index contributed by atoms with van der Waals surface area (Å²) in [5.41, 5.74) is 4.05. The van der Waals surface area contributed by atoms with Crippen molar-refractivity contribution in [2.75, 3.05) is 25.6 Å². The van der Waals surface area contributed by atoms with Crippen molar-refractivity contribution in [1.82, 2.24) is 14.6 Å². The zero-order chi connectivity index (χ0) is 31.1. The van der Waals surface area contributed by atoms with Gasteiger partial charge in [0, 0.05) is 13.2 Å². The van der Waals surface area contributed by atoms with Gasteiger partial charge in [-0.2, -0.15) is 10.4 Å². The summed E-state index contributed by atoms with van der Waals surface area (Å²) >= 11 is 0. The van der Waals surface area contributed by atoms with E-state index in [0.717, 1.165) is 19.2 Å². The quantitative estimate of drug-likeness (QED) is 0.104.